The van der Waals surface area contributed by atoms with Crippen LogP contribution in [-0.2, 0) is 6.54 Å². The average molecular weight is 438 g/mol. The van der Waals surface area contributed by atoms with Gasteiger partial charge in [-0.3, -0.25) is 0 Å². The lowest BCUT2D eigenvalue weighted by Crippen LogP contribution is -1.97. The second kappa shape index (κ2) is 8.35. The summed E-state index contributed by atoms with van der Waals surface area (Å²) in [6.07, 6.45) is 3.95. The van der Waals surface area contributed by atoms with Crippen molar-refractivity contribution in [2.24, 2.45) is 0 Å². The number of aromatic nitrogens is 1. The summed E-state index contributed by atoms with van der Waals surface area (Å²) in [7, 11) is 0. The third-order valence-corrected chi connectivity index (χ3v) is 5.73. The first kappa shape index (κ1) is 19.6. The van der Waals surface area contributed by atoms with Crippen LogP contribution in [0, 0.1) is 11.3 Å². The van der Waals surface area contributed by atoms with Crippen molar-refractivity contribution in [1.29, 1.82) is 5.26 Å². The lowest BCUT2D eigenvalue weighted by molar-refractivity contribution is 0.836. The van der Waals surface area contributed by atoms with Crippen LogP contribution in [-0.4, -0.2) is 4.57 Å². The molecule has 0 fully saturated rings. The number of para-hydroxylation sites is 1. The summed E-state index contributed by atoms with van der Waals surface area (Å²) < 4.78 is 2.17. The molecule has 2 nitrogen and oxygen atoms in total. The van der Waals surface area contributed by atoms with Crippen LogP contribution in [0.1, 0.15) is 16.7 Å². The first-order valence-corrected chi connectivity index (χ1v) is 10.1. The van der Waals surface area contributed by atoms with E-state index >= 15 is 0 Å². The van der Waals surface area contributed by atoms with Crippen LogP contribution in [0.25, 0.3) is 22.6 Å². The monoisotopic (exact) mass is 436 g/mol. The predicted molar refractivity (Wildman–Crippen MR) is 122 cm³/mol. The Hall–Kier alpha value is -2.70. The van der Waals surface area contributed by atoms with Gasteiger partial charge < -0.3 is 4.57 Å². The molecule has 0 spiro atoms. The molecular formula is C24H15Cl3N2. The Labute approximate surface area is 184 Å². The van der Waals surface area contributed by atoms with Gasteiger partial charge in [-0.25, -0.2) is 0 Å². The smallest absolute Gasteiger partial charge is 0.0998 e. The molecule has 29 heavy (non-hydrogen) atoms. The van der Waals surface area contributed by atoms with E-state index in [1.807, 2.05) is 42.5 Å². The third-order valence-electron chi connectivity index (χ3n) is 4.74. The molecular weight excluding hydrogens is 423 g/mol. The van der Waals surface area contributed by atoms with Gasteiger partial charge in [0.05, 0.1) is 21.7 Å². The number of nitriles is 1. The van der Waals surface area contributed by atoms with Gasteiger partial charge in [0.2, 0.25) is 0 Å². The van der Waals surface area contributed by atoms with E-state index < -0.39 is 0 Å². The second-order valence-corrected chi connectivity index (χ2v) is 7.91. The van der Waals surface area contributed by atoms with Crippen molar-refractivity contribution in [3.8, 4) is 6.07 Å². The first-order chi connectivity index (χ1) is 14.0. The molecule has 0 aliphatic carbocycles. The number of allylic oxidation sites excluding steroid dienone is 1. The normalized spacial score (nSPS) is 11.6. The quantitative estimate of drug-likeness (QED) is 0.300. The van der Waals surface area contributed by atoms with Crippen LogP contribution in [0.2, 0.25) is 15.1 Å². The van der Waals surface area contributed by atoms with Gasteiger partial charge in [0.15, 0.2) is 0 Å². The van der Waals surface area contributed by atoms with Crippen LogP contribution in [0.15, 0.2) is 72.9 Å². The molecule has 0 saturated carbocycles. The molecule has 0 saturated heterocycles. The third kappa shape index (κ3) is 4.18. The zero-order valence-corrected chi connectivity index (χ0v) is 17.5. The number of hydrogen-bond acceptors (Lipinski definition) is 1. The van der Waals surface area contributed by atoms with Gasteiger partial charge in [0, 0.05) is 34.2 Å². The fraction of sp³-hybridized carbons (Fsp3) is 0.0417. The van der Waals surface area contributed by atoms with Crippen LogP contribution in [0.4, 0.5) is 0 Å². The van der Waals surface area contributed by atoms with Crippen LogP contribution in [0.5, 0.6) is 0 Å². The Morgan fingerprint density at radius 2 is 1.69 bits per heavy atom. The highest BCUT2D eigenvalue weighted by atomic mass is 35.5. The summed E-state index contributed by atoms with van der Waals surface area (Å²) in [5, 5.41) is 12.4. The highest BCUT2D eigenvalue weighted by Crippen LogP contribution is 2.30. The molecule has 1 heterocycles. The summed E-state index contributed by atoms with van der Waals surface area (Å²) >= 11 is 18.2. The maximum absolute atomic E-state index is 9.73. The van der Waals surface area contributed by atoms with Crippen molar-refractivity contribution in [3.63, 3.8) is 0 Å². The van der Waals surface area contributed by atoms with Crippen molar-refractivity contribution >= 4 is 57.4 Å². The van der Waals surface area contributed by atoms with E-state index in [1.54, 1.807) is 18.2 Å². The Morgan fingerprint density at radius 3 is 2.41 bits per heavy atom. The van der Waals surface area contributed by atoms with Crippen molar-refractivity contribution in [3.05, 3.63) is 105 Å². The number of nitrogens with zero attached hydrogens (tertiary/aromatic N) is 2. The van der Waals surface area contributed by atoms with E-state index in [1.165, 1.54) is 0 Å². The molecule has 0 radical (unpaired) electrons. The highest BCUT2D eigenvalue weighted by Gasteiger charge is 2.10. The maximum Gasteiger partial charge on any atom is 0.0998 e. The van der Waals surface area contributed by atoms with Gasteiger partial charge in [0.1, 0.15) is 0 Å². The molecule has 0 amide bonds. The predicted octanol–water partition coefficient (Wildman–Crippen LogP) is 7.71. The summed E-state index contributed by atoms with van der Waals surface area (Å²) in [6, 6.07) is 23.5. The summed E-state index contributed by atoms with van der Waals surface area (Å²) in [4.78, 5) is 0. The molecule has 142 valence electrons. The number of fused-ring (bicyclic) bond motifs is 1. The number of halogens is 3. The molecule has 0 aliphatic heterocycles. The second-order valence-electron chi connectivity index (χ2n) is 6.65. The largest absolute Gasteiger partial charge is 0.342 e. The Balaban J connectivity index is 1.79. The lowest BCUT2D eigenvalue weighted by Gasteiger charge is -2.05. The van der Waals surface area contributed by atoms with Crippen molar-refractivity contribution < 1.29 is 0 Å². The van der Waals surface area contributed by atoms with E-state index in [2.05, 4.69) is 29.0 Å². The van der Waals surface area contributed by atoms with Crippen molar-refractivity contribution in [1.82, 2.24) is 4.57 Å². The van der Waals surface area contributed by atoms with Gasteiger partial charge >= 0.3 is 0 Å². The fourth-order valence-corrected chi connectivity index (χ4v) is 3.73. The number of hydrogen-bond donors (Lipinski definition) is 0. The standard InChI is InChI=1S/C24H15Cl3N2/c25-20-8-5-16(6-9-20)14-29-15-19(21-3-1-2-4-24(21)29)11-18(13-28)17-7-10-22(26)23(27)12-17/h1-12,15H,14H2/b18-11+. The maximum atomic E-state index is 9.73. The van der Waals surface area contributed by atoms with E-state index in [4.69, 9.17) is 34.8 Å². The Bertz CT molecular complexity index is 1260. The van der Waals surface area contributed by atoms with E-state index in [0.29, 0.717) is 22.2 Å². The molecule has 5 heteroatoms. The van der Waals surface area contributed by atoms with Gasteiger partial charge in [-0.1, -0.05) is 71.2 Å². The highest BCUT2D eigenvalue weighted by molar-refractivity contribution is 6.42. The minimum absolute atomic E-state index is 0.426. The summed E-state index contributed by atoms with van der Waals surface area (Å²) in [5.74, 6) is 0. The Morgan fingerprint density at radius 1 is 0.931 bits per heavy atom. The molecule has 0 unspecified atom stereocenters. The number of benzene rings is 3. The summed E-state index contributed by atoms with van der Waals surface area (Å²) in [6.45, 7) is 0.709. The molecule has 0 bridgehead atoms. The molecule has 1 aromatic heterocycles. The van der Waals surface area contributed by atoms with E-state index in [9.17, 15) is 5.26 Å². The Kier molecular flexibility index (Phi) is 5.65. The van der Waals surface area contributed by atoms with Crippen LogP contribution >= 0.6 is 34.8 Å². The zero-order valence-electron chi connectivity index (χ0n) is 15.2. The van der Waals surface area contributed by atoms with E-state index in [-0.39, 0.29) is 0 Å². The molecule has 3 aromatic carbocycles. The van der Waals surface area contributed by atoms with Crippen LogP contribution < -0.4 is 0 Å². The van der Waals surface area contributed by atoms with Crippen molar-refractivity contribution in [2.45, 2.75) is 6.54 Å². The first-order valence-electron chi connectivity index (χ1n) is 8.94. The fourth-order valence-electron chi connectivity index (χ4n) is 3.31. The molecule has 0 N–H and O–H groups in total. The van der Waals surface area contributed by atoms with Crippen LogP contribution in [0.3, 0.4) is 0 Å². The molecule has 4 rings (SSSR count). The summed E-state index contributed by atoms with van der Waals surface area (Å²) in [5.41, 5.74) is 4.47. The SMILES string of the molecule is N#C/C(=C\c1cn(Cc2ccc(Cl)cc2)c2ccccc12)c1ccc(Cl)c(Cl)c1. The molecule has 0 atom stereocenters. The van der Waals surface area contributed by atoms with Gasteiger partial charge in [-0.05, 0) is 47.5 Å². The number of rotatable bonds is 4. The van der Waals surface area contributed by atoms with Crippen molar-refractivity contribution in [2.75, 3.05) is 0 Å². The topological polar surface area (TPSA) is 28.7 Å². The minimum Gasteiger partial charge on any atom is -0.342 e. The van der Waals surface area contributed by atoms with Gasteiger partial charge in [-0.15, -0.1) is 0 Å². The minimum atomic E-state index is 0.426. The van der Waals surface area contributed by atoms with Gasteiger partial charge in [0.25, 0.3) is 0 Å². The molecule has 0 aliphatic rings. The lowest BCUT2D eigenvalue weighted by atomic mass is 10.0. The zero-order chi connectivity index (χ0) is 20.4. The molecule has 4 aromatic rings. The van der Waals surface area contributed by atoms with Gasteiger partial charge in [-0.2, -0.15) is 5.26 Å². The van der Waals surface area contributed by atoms with E-state index in [0.717, 1.165) is 32.6 Å². The average Bonchev–Trinajstić information content (AvgIpc) is 3.07.